The van der Waals surface area contributed by atoms with Crippen LogP contribution < -0.4 is 40.0 Å². The molecule has 0 aliphatic heterocycles. The number of carboxylic acids is 1. The van der Waals surface area contributed by atoms with Crippen LogP contribution >= 0.6 is 0 Å². The minimum absolute atomic E-state index is 0. The summed E-state index contributed by atoms with van der Waals surface area (Å²) in [5, 5.41) is 14.3. The molecule has 4 rings (SSSR count). The van der Waals surface area contributed by atoms with Gasteiger partial charge in [-0.05, 0) is 35.7 Å². The van der Waals surface area contributed by atoms with Crippen LogP contribution in [0.15, 0.2) is 91.3 Å². The fourth-order valence-corrected chi connectivity index (χ4v) is 3.30. The molecule has 0 atom stereocenters. The molecule has 4 aromatic rings. The van der Waals surface area contributed by atoms with Crippen molar-refractivity contribution in [3.05, 3.63) is 108 Å². The minimum atomic E-state index is -1.36. The summed E-state index contributed by atoms with van der Waals surface area (Å²) in [5.74, 6) is -1.81. The zero-order valence-corrected chi connectivity index (χ0v) is 19.8. The molecule has 0 saturated carbocycles. The third-order valence-electron chi connectivity index (χ3n) is 4.98. The molecule has 1 N–H and O–H groups in total. The first-order valence-electron chi connectivity index (χ1n) is 9.75. The van der Waals surface area contributed by atoms with Crippen LogP contribution in [0.2, 0.25) is 0 Å². The van der Waals surface area contributed by atoms with E-state index in [-0.39, 0.29) is 40.8 Å². The first-order valence-corrected chi connectivity index (χ1v) is 9.75. The quantitative estimate of drug-likeness (QED) is 0.485. The topological polar surface area (TPSA) is 82.1 Å². The van der Waals surface area contributed by atoms with Gasteiger partial charge < -0.3 is 15.2 Å². The first-order chi connectivity index (χ1) is 15.0. The van der Waals surface area contributed by atoms with Crippen LogP contribution in [0.1, 0.15) is 26.3 Å². The number of carboxylic acid groups (broad SMARTS) is 1. The molecular weight excluding hydrogens is 411 g/mol. The number of amides is 1. The summed E-state index contributed by atoms with van der Waals surface area (Å²) in [6.07, 6.45) is 3.13. The summed E-state index contributed by atoms with van der Waals surface area (Å²) in [6.45, 7) is 1.99. The molecular formula is C26H19N2NaO3. The number of hydrogen-bond acceptors (Lipinski definition) is 4. The van der Waals surface area contributed by atoms with Gasteiger partial charge in [0.05, 0.1) is 17.2 Å². The number of pyridine rings is 1. The summed E-state index contributed by atoms with van der Waals surface area (Å²) in [7, 11) is 0. The monoisotopic (exact) mass is 430 g/mol. The van der Waals surface area contributed by atoms with Gasteiger partial charge in [0, 0.05) is 23.5 Å². The second-order valence-electron chi connectivity index (χ2n) is 7.20. The molecule has 0 saturated heterocycles. The van der Waals surface area contributed by atoms with E-state index >= 15 is 0 Å². The van der Waals surface area contributed by atoms with Gasteiger partial charge in [0.2, 0.25) is 0 Å². The summed E-state index contributed by atoms with van der Waals surface area (Å²) in [6, 6.07) is 23.9. The Labute approximate surface area is 208 Å². The zero-order chi connectivity index (χ0) is 21.8. The van der Waals surface area contributed by atoms with Crippen molar-refractivity contribution in [2.45, 2.75) is 6.92 Å². The average Bonchev–Trinajstić information content (AvgIpc) is 2.80. The normalized spacial score (nSPS) is 10.2. The fourth-order valence-electron chi connectivity index (χ4n) is 3.30. The second-order valence-corrected chi connectivity index (χ2v) is 7.20. The van der Waals surface area contributed by atoms with E-state index in [1.165, 1.54) is 12.3 Å². The summed E-state index contributed by atoms with van der Waals surface area (Å²) in [4.78, 5) is 28.7. The van der Waals surface area contributed by atoms with Crippen LogP contribution in [-0.4, -0.2) is 16.9 Å². The number of nitrogens with zero attached hydrogens (tertiary/aromatic N) is 1. The van der Waals surface area contributed by atoms with Crippen molar-refractivity contribution < 1.29 is 44.3 Å². The van der Waals surface area contributed by atoms with E-state index in [0.717, 1.165) is 27.8 Å². The molecule has 0 unspecified atom stereocenters. The van der Waals surface area contributed by atoms with Gasteiger partial charge in [-0.3, -0.25) is 9.78 Å². The van der Waals surface area contributed by atoms with Crippen molar-refractivity contribution in [3.8, 4) is 22.3 Å². The number of benzene rings is 3. The Morgan fingerprint density at radius 2 is 1.44 bits per heavy atom. The predicted molar refractivity (Wildman–Crippen MR) is 119 cm³/mol. The SMILES string of the molecule is Cc1ccc(-c2ccc(C(=O)[O-])c(NC(=O)c3cncc(-c4ccccc4)c3)c2)cc1.[Na+]. The molecule has 0 aliphatic rings. The van der Waals surface area contributed by atoms with Crippen LogP contribution in [0, 0.1) is 6.92 Å². The number of rotatable bonds is 5. The van der Waals surface area contributed by atoms with E-state index in [1.807, 2.05) is 61.5 Å². The zero-order valence-electron chi connectivity index (χ0n) is 17.8. The predicted octanol–water partition coefficient (Wildman–Crippen LogP) is 1.34. The Bertz CT molecular complexity index is 1260. The molecule has 152 valence electrons. The molecule has 0 aliphatic carbocycles. The van der Waals surface area contributed by atoms with Gasteiger partial charge >= 0.3 is 29.6 Å². The van der Waals surface area contributed by atoms with Crippen LogP contribution in [-0.2, 0) is 0 Å². The molecule has 0 bridgehead atoms. The maximum atomic E-state index is 12.9. The number of aromatic carboxylic acids is 1. The molecule has 1 aromatic heterocycles. The van der Waals surface area contributed by atoms with Crippen molar-refractivity contribution in [2.75, 3.05) is 5.32 Å². The van der Waals surface area contributed by atoms with E-state index in [1.54, 1.807) is 24.4 Å². The number of hydrogen-bond donors (Lipinski definition) is 1. The Hall–Kier alpha value is -3.25. The van der Waals surface area contributed by atoms with Crippen LogP contribution in [0.5, 0.6) is 0 Å². The molecule has 0 spiro atoms. The number of aryl methyl sites for hydroxylation is 1. The number of carbonyl (C=O) groups is 2. The third kappa shape index (κ3) is 5.32. The smallest absolute Gasteiger partial charge is 0.545 e. The Balaban J connectivity index is 0.00000289. The molecule has 0 radical (unpaired) electrons. The second kappa shape index (κ2) is 10.4. The van der Waals surface area contributed by atoms with Gasteiger partial charge in [0.15, 0.2) is 0 Å². The number of carbonyl (C=O) groups excluding carboxylic acids is 2. The maximum Gasteiger partial charge on any atom is 1.00 e. The van der Waals surface area contributed by atoms with Crippen LogP contribution in [0.3, 0.4) is 0 Å². The number of anilines is 1. The summed E-state index contributed by atoms with van der Waals surface area (Å²) in [5.41, 5.74) is 4.96. The Morgan fingerprint density at radius 3 is 2.12 bits per heavy atom. The van der Waals surface area contributed by atoms with E-state index in [2.05, 4.69) is 10.3 Å². The summed E-state index contributed by atoms with van der Waals surface area (Å²) >= 11 is 0. The van der Waals surface area contributed by atoms with Crippen molar-refractivity contribution in [1.29, 1.82) is 0 Å². The van der Waals surface area contributed by atoms with E-state index < -0.39 is 11.9 Å². The maximum absolute atomic E-state index is 12.9. The van der Waals surface area contributed by atoms with Crippen molar-refractivity contribution in [2.24, 2.45) is 0 Å². The molecule has 32 heavy (non-hydrogen) atoms. The van der Waals surface area contributed by atoms with Crippen molar-refractivity contribution >= 4 is 17.6 Å². The number of aromatic nitrogens is 1. The van der Waals surface area contributed by atoms with Crippen molar-refractivity contribution in [3.63, 3.8) is 0 Å². The summed E-state index contributed by atoms with van der Waals surface area (Å²) < 4.78 is 0. The minimum Gasteiger partial charge on any atom is -0.545 e. The average molecular weight is 430 g/mol. The van der Waals surface area contributed by atoms with Crippen molar-refractivity contribution in [1.82, 2.24) is 4.98 Å². The fraction of sp³-hybridized carbons (Fsp3) is 0.0385. The Morgan fingerprint density at radius 1 is 0.781 bits per heavy atom. The van der Waals surface area contributed by atoms with Gasteiger partial charge in [0.25, 0.3) is 5.91 Å². The molecule has 1 amide bonds. The molecule has 5 nitrogen and oxygen atoms in total. The van der Waals surface area contributed by atoms with E-state index in [0.29, 0.717) is 5.56 Å². The van der Waals surface area contributed by atoms with Crippen LogP contribution in [0.4, 0.5) is 5.69 Å². The van der Waals surface area contributed by atoms with Gasteiger partial charge in [-0.25, -0.2) is 0 Å². The Kier molecular flexibility index (Phi) is 7.59. The molecule has 1 heterocycles. The molecule has 6 heteroatoms. The first kappa shape index (κ1) is 23.4. The van der Waals surface area contributed by atoms with E-state index in [4.69, 9.17) is 0 Å². The van der Waals surface area contributed by atoms with Gasteiger partial charge in [-0.2, -0.15) is 0 Å². The number of nitrogens with one attached hydrogen (secondary N) is 1. The third-order valence-corrected chi connectivity index (χ3v) is 4.98. The van der Waals surface area contributed by atoms with Gasteiger partial charge in [0.1, 0.15) is 0 Å². The van der Waals surface area contributed by atoms with Crippen LogP contribution in [0.25, 0.3) is 22.3 Å². The molecule has 0 fully saturated rings. The standard InChI is InChI=1S/C26H20N2O3.Na/c1-17-7-9-19(10-8-17)20-11-12-23(26(30)31)24(14-20)28-25(29)22-13-21(15-27-16-22)18-5-3-2-4-6-18;/h2-16H,1H3,(H,28,29)(H,30,31);/q;+1/p-1. The largest absolute Gasteiger partial charge is 1.00 e. The van der Waals surface area contributed by atoms with E-state index in [9.17, 15) is 14.7 Å². The molecule has 3 aromatic carbocycles. The van der Waals surface area contributed by atoms with Gasteiger partial charge in [-0.1, -0.05) is 72.3 Å². The van der Waals surface area contributed by atoms with Gasteiger partial charge in [-0.15, -0.1) is 0 Å².